The van der Waals surface area contributed by atoms with Crippen molar-refractivity contribution in [3.8, 4) is 11.5 Å². The van der Waals surface area contributed by atoms with E-state index in [2.05, 4.69) is 79.7 Å². The van der Waals surface area contributed by atoms with Gasteiger partial charge in [-0.3, -0.25) is 9.46 Å². The average Bonchev–Trinajstić information content (AvgIpc) is 2.65. The number of rotatable bonds is 2. The zero-order valence-electron chi connectivity index (χ0n) is 22.7. The third kappa shape index (κ3) is 9.27. The maximum absolute atomic E-state index is 13.1. The van der Waals surface area contributed by atoms with E-state index < -0.39 is 15.6 Å². The summed E-state index contributed by atoms with van der Waals surface area (Å²) in [4.78, 5) is 33.6. The van der Waals surface area contributed by atoms with Crippen LogP contribution in [0.2, 0.25) is 0 Å². The quantitative estimate of drug-likeness (QED) is 0.383. The van der Waals surface area contributed by atoms with Crippen molar-refractivity contribution in [1.82, 2.24) is 0 Å². The second-order valence-electron chi connectivity index (χ2n) is 10.8. The van der Waals surface area contributed by atoms with Crippen LogP contribution in [0.15, 0.2) is 24.3 Å². The van der Waals surface area contributed by atoms with Crippen molar-refractivity contribution in [2.45, 2.75) is 85.5 Å². The Labute approximate surface area is 236 Å². The Morgan fingerprint density at radius 1 is 0.861 bits per heavy atom. The minimum absolute atomic E-state index is 0. The molecule has 3 N–H and O–H groups in total. The molecule has 0 fully saturated rings. The molecular formula is C25H37NaO8P2. The Hall–Kier alpha value is -0.660. The van der Waals surface area contributed by atoms with Crippen molar-refractivity contribution in [3.05, 3.63) is 57.6 Å². The van der Waals surface area contributed by atoms with Gasteiger partial charge in [-0.1, -0.05) is 79.7 Å². The predicted octanol–water partition coefficient (Wildman–Crippen LogP) is 2.31. The third-order valence-corrected chi connectivity index (χ3v) is 6.50. The first-order chi connectivity index (χ1) is 15.7. The third-order valence-electron chi connectivity index (χ3n) is 5.68. The summed E-state index contributed by atoms with van der Waals surface area (Å²) in [5.74, 6) is 0.964. The van der Waals surface area contributed by atoms with Gasteiger partial charge in [0.05, 0.1) is 0 Å². The fraction of sp³-hybridized carbons (Fsp3) is 0.520. The number of benzene rings is 2. The molecule has 2 aromatic carbocycles. The fourth-order valence-corrected chi connectivity index (χ4v) is 4.89. The average molecular weight is 551 g/mol. The van der Waals surface area contributed by atoms with E-state index >= 15 is 0 Å². The Balaban J connectivity index is 0.000000983. The molecule has 0 saturated carbocycles. The molecule has 2 aromatic rings. The van der Waals surface area contributed by atoms with E-state index in [4.69, 9.17) is 28.3 Å². The standard InChI is InChI=1S/C25H35O4P.Na.H3O4P/c1-9-16-11-18-15-19-12-17(10-2)14-21(25(6,7)8)23(19)29-30(26,27)28-22(18)20(13-16)24(3,4)5;;1-5(2,3)4/h11-14H,9-10,15H2,1-8H3,(H,26,27);;(H3,1,2,3,4)/q;+1;/p-1. The Morgan fingerprint density at radius 3 is 1.42 bits per heavy atom. The maximum Gasteiger partial charge on any atom is 1.00 e. The minimum atomic E-state index is -4.89. The van der Waals surface area contributed by atoms with E-state index in [9.17, 15) is 9.46 Å². The van der Waals surface area contributed by atoms with Crippen LogP contribution in [0.1, 0.15) is 88.8 Å². The van der Waals surface area contributed by atoms with Gasteiger partial charge >= 0.3 is 37.4 Å². The Morgan fingerprint density at radius 2 is 1.17 bits per heavy atom. The molecule has 11 heteroatoms. The summed E-state index contributed by atoms with van der Waals surface area (Å²) in [5.41, 5.74) is 5.65. The van der Waals surface area contributed by atoms with Crippen molar-refractivity contribution in [3.63, 3.8) is 0 Å². The predicted molar refractivity (Wildman–Crippen MR) is 135 cm³/mol. The smallest absolute Gasteiger partial charge is 0.756 e. The molecule has 1 heterocycles. The molecule has 0 aliphatic carbocycles. The van der Waals surface area contributed by atoms with E-state index in [-0.39, 0.29) is 40.4 Å². The summed E-state index contributed by atoms with van der Waals surface area (Å²) in [7, 11) is -9.25. The molecule has 0 radical (unpaired) electrons. The molecule has 0 unspecified atom stereocenters. The van der Waals surface area contributed by atoms with Gasteiger partial charge in [-0.15, -0.1) is 0 Å². The van der Waals surface area contributed by atoms with Crippen molar-refractivity contribution in [1.29, 1.82) is 0 Å². The summed E-state index contributed by atoms with van der Waals surface area (Å²) < 4.78 is 33.4. The molecule has 0 atom stereocenters. The summed E-state index contributed by atoms with van der Waals surface area (Å²) >= 11 is 0. The van der Waals surface area contributed by atoms with Crippen LogP contribution in [0.4, 0.5) is 0 Å². The van der Waals surface area contributed by atoms with Gasteiger partial charge in [0.1, 0.15) is 11.5 Å². The molecule has 0 aromatic heterocycles. The topological polar surface area (TPSA) is 136 Å². The van der Waals surface area contributed by atoms with Gasteiger partial charge < -0.3 is 23.7 Å². The van der Waals surface area contributed by atoms with E-state index in [1.807, 2.05) is 0 Å². The molecule has 0 spiro atoms. The molecule has 0 amide bonds. The van der Waals surface area contributed by atoms with Crippen LogP contribution < -0.4 is 43.5 Å². The zero-order chi connectivity index (χ0) is 27.0. The zero-order valence-corrected chi connectivity index (χ0v) is 26.5. The summed E-state index contributed by atoms with van der Waals surface area (Å²) in [5, 5.41) is 0. The molecule has 0 bridgehead atoms. The molecular weight excluding hydrogens is 513 g/mol. The van der Waals surface area contributed by atoms with Crippen LogP contribution in [-0.2, 0) is 39.2 Å². The molecule has 8 nitrogen and oxygen atoms in total. The van der Waals surface area contributed by atoms with Crippen LogP contribution in [-0.4, -0.2) is 14.7 Å². The van der Waals surface area contributed by atoms with Gasteiger partial charge in [-0.2, -0.15) is 0 Å². The number of phosphoric ester groups is 1. The summed E-state index contributed by atoms with van der Waals surface area (Å²) in [6, 6.07) is 8.39. The van der Waals surface area contributed by atoms with Crippen molar-refractivity contribution in [2.24, 2.45) is 0 Å². The van der Waals surface area contributed by atoms with E-state index in [0.717, 1.165) is 35.1 Å². The fourth-order valence-electron chi connectivity index (χ4n) is 3.97. The Bertz CT molecular complexity index is 1090. The van der Waals surface area contributed by atoms with Crippen molar-refractivity contribution >= 4 is 15.6 Å². The van der Waals surface area contributed by atoms with Crippen LogP contribution in [0.3, 0.4) is 0 Å². The SMILES string of the molecule is CCc1cc2c(c(C(C)(C)C)c1)OP(=O)(O)Oc1c(cc(CC)cc1C(C)(C)C)C2.O=P([O-])(O)O.[Na+]. The van der Waals surface area contributed by atoms with Crippen molar-refractivity contribution in [2.75, 3.05) is 0 Å². The number of aryl methyl sites for hydroxylation is 2. The Kier molecular flexibility index (Phi) is 11.1. The molecule has 196 valence electrons. The molecule has 36 heavy (non-hydrogen) atoms. The molecule has 1 aliphatic rings. The number of phosphoric acid groups is 2. The normalized spacial score (nSPS) is 14.9. The minimum Gasteiger partial charge on any atom is -0.756 e. The van der Waals surface area contributed by atoms with Crippen LogP contribution in [0.25, 0.3) is 0 Å². The van der Waals surface area contributed by atoms with Crippen LogP contribution in [0, 0.1) is 0 Å². The first kappa shape index (κ1) is 33.4. The molecule has 1 aliphatic heterocycles. The summed E-state index contributed by atoms with van der Waals surface area (Å²) in [6.07, 6.45) is 2.37. The summed E-state index contributed by atoms with van der Waals surface area (Å²) in [6.45, 7) is 16.8. The van der Waals surface area contributed by atoms with Gasteiger partial charge in [0.15, 0.2) is 0 Å². The second-order valence-corrected chi connectivity index (χ2v) is 13.1. The molecule has 3 rings (SSSR count). The van der Waals surface area contributed by atoms with Gasteiger partial charge in [-0.25, -0.2) is 4.57 Å². The van der Waals surface area contributed by atoms with Gasteiger partial charge in [-0.05, 0) is 45.9 Å². The van der Waals surface area contributed by atoms with E-state index in [1.54, 1.807) is 0 Å². The largest absolute Gasteiger partial charge is 1.00 e. The second kappa shape index (κ2) is 12.0. The first-order valence-corrected chi connectivity index (χ1v) is 14.6. The van der Waals surface area contributed by atoms with E-state index in [1.165, 1.54) is 11.1 Å². The van der Waals surface area contributed by atoms with Crippen molar-refractivity contribution < 1.29 is 67.3 Å². The van der Waals surface area contributed by atoms with Gasteiger partial charge in [0, 0.05) is 17.5 Å². The van der Waals surface area contributed by atoms with E-state index in [0.29, 0.717) is 17.9 Å². The number of hydrogen-bond donors (Lipinski definition) is 3. The monoisotopic (exact) mass is 550 g/mol. The van der Waals surface area contributed by atoms with Gasteiger partial charge in [0.2, 0.25) is 0 Å². The molecule has 0 saturated heterocycles. The maximum atomic E-state index is 13.1. The van der Waals surface area contributed by atoms with Gasteiger partial charge in [0.25, 0.3) is 7.82 Å². The van der Waals surface area contributed by atoms with Crippen LogP contribution >= 0.6 is 15.6 Å². The number of hydrogen-bond acceptors (Lipinski definition) is 5. The number of fused-ring (bicyclic) bond motifs is 2. The first-order valence-electron chi connectivity index (χ1n) is 11.6. The van der Waals surface area contributed by atoms with Crippen LogP contribution in [0.5, 0.6) is 11.5 Å².